The molecule has 4 aromatic rings. The van der Waals surface area contributed by atoms with E-state index in [1.807, 2.05) is 0 Å². The lowest BCUT2D eigenvalue weighted by Gasteiger charge is -2.17. The highest BCUT2D eigenvalue weighted by Gasteiger charge is 2.11. The van der Waals surface area contributed by atoms with Crippen molar-refractivity contribution < 1.29 is 0 Å². The first kappa shape index (κ1) is 20.9. The Hall–Kier alpha value is -3.32. The van der Waals surface area contributed by atoms with Gasteiger partial charge >= 0.3 is 0 Å². The second-order valence-corrected chi connectivity index (χ2v) is 8.13. The van der Waals surface area contributed by atoms with Gasteiger partial charge in [-0.3, -0.25) is 0 Å². The average molecular weight is 406 g/mol. The summed E-state index contributed by atoms with van der Waals surface area (Å²) in [6.45, 7) is 4.41. The molecule has 0 aliphatic carbocycles. The van der Waals surface area contributed by atoms with Crippen LogP contribution in [0, 0.1) is 0 Å². The van der Waals surface area contributed by atoms with Crippen LogP contribution in [0.25, 0.3) is 0 Å². The summed E-state index contributed by atoms with van der Waals surface area (Å²) in [4.78, 5) is 0. The monoisotopic (exact) mass is 405 g/mol. The third-order valence-electron chi connectivity index (χ3n) is 5.96. The van der Waals surface area contributed by atoms with Crippen LogP contribution in [0.1, 0.15) is 47.2 Å². The molecule has 4 rings (SSSR count). The number of nitrogens with one attached hydrogen (secondary N) is 1. The first-order valence-corrected chi connectivity index (χ1v) is 11.3. The Morgan fingerprint density at radius 3 is 1.65 bits per heavy atom. The molecule has 0 saturated heterocycles. The van der Waals surface area contributed by atoms with Crippen molar-refractivity contribution in [2.45, 2.75) is 39.5 Å². The summed E-state index contributed by atoms with van der Waals surface area (Å²) in [6.07, 6.45) is 4.01. The van der Waals surface area contributed by atoms with E-state index in [1.54, 1.807) is 0 Å². The standard InChI is InChI=1S/C30H31N/c1-3-23-13-17-25(18-14-23)21-27-9-8-12-30(31-28-10-6-5-7-11-28)29(27)22-26-19-15-24(4-2)16-20-26/h5-20,31H,3-4,21-22H2,1-2H3. The smallest absolute Gasteiger partial charge is 0.0423 e. The quantitative estimate of drug-likeness (QED) is 0.316. The minimum atomic E-state index is 0.919. The third-order valence-corrected chi connectivity index (χ3v) is 5.96. The largest absolute Gasteiger partial charge is 0.355 e. The Balaban J connectivity index is 1.68. The van der Waals surface area contributed by atoms with E-state index in [9.17, 15) is 0 Å². The Bertz CT molecular complexity index is 1090. The molecule has 0 saturated carbocycles. The molecule has 0 aliphatic rings. The number of hydrogen-bond donors (Lipinski definition) is 1. The summed E-state index contributed by atoms with van der Waals surface area (Å²) in [5, 5.41) is 3.66. The SMILES string of the molecule is CCc1ccc(Cc2cccc(Nc3ccccc3)c2Cc2ccc(CC)cc2)cc1. The highest BCUT2D eigenvalue weighted by Crippen LogP contribution is 2.28. The Labute approximate surface area is 186 Å². The van der Waals surface area contributed by atoms with Crippen molar-refractivity contribution in [3.63, 3.8) is 0 Å². The highest BCUT2D eigenvalue weighted by molar-refractivity contribution is 5.66. The lowest BCUT2D eigenvalue weighted by molar-refractivity contribution is 1.07. The van der Waals surface area contributed by atoms with Crippen LogP contribution in [0.3, 0.4) is 0 Å². The van der Waals surface area contributed by atoms with Gasteiger partial charge in [0.25, 0.3) is 0 Å². The molecule has 0 heterocycles. The van der Waals surface area contributed by atoms with Gasteiger partial charge in [0.05, 0.1) is 0 Å². The number of rotatable bonds is 8. The lowest BCUT2D eigenvalue weighted by atomic mass is 9.93. The van der Waals surface area contributed by atoms with E-state index in [-0.39, 0.29) is 0 Å². The Kier molecular flexibility index (Phi) is 6.84. The maximum atomic E-state index is 3.66. The van der Waals surface area contributed by atoms with E-state index in [0.717, 1.165) is 31.4 Å². The van der Waals surface area contributed by atoms with Crippen LogP contribution in [-0.2, 0) is 25.7 Å². The van der Waals surface area contributed by atoms with Gasteiger partial charge in [-0.05, 0) is 77.3 Å². The molecule has 0 bridgehead atoms. The molecule has 4 aromatic carbocycles. The average Bonchev–Trinajstić information content (AvgIpc) is 2.83. The second kappa shape index (κ2) is 10.1. The normalized spacial score (nSPS) is 10.8. The first-order chi connectivity index (χ1) is 15.2. The van der Waals surface area contributed by atoms with Crippen molar-refractivity contribution in [1.82, 2.24) is 0 Å². The molecule has 0 atom stereocenters. The number of para-hydroxylation sites is 1. The highest BCUT2D eigenvalue weighted by atomic mass is 14.9. The first-order valence-electron chi connectivity index (χ1n) is 11.3. The summed E-state index contributed by atoms with van der Waals surface area (Å²) >= 11 is 0. The fourth-order valence-electron chi connectivity index (χ4n) is 4.01. The van der Waals surface area contributed by atoms with Gasteiger partial charge in [0.1, 0.15) is 0 Å². The summed E-state index contributed by atoms with van der Waals surface area (Å²) in [6, 6.07) is 35.2. The summed E-state index contributed by atoms with van der Waals surface area (Å²) < 4.78 is 0. The zero-order chi connectivity index (χ0) is 21.5. The fourth-order valence-corrected chi connectivity index (χ4v) is 4.01. The molecule has 31 heavy (non-hydrogen) atoms. The van der Waals surface area contributed by atoms with Crippen molar-refractivity contribution in [3.05, 3.63) is 130 Å². The van der Waals surface area contributed by atoms with Gasteiger partial charge in [-0.1, -0.05) is 92.7 Å². The van der Waals surface area contributed by atoms with E-state index >= 15 is 0 Å². The van der Waals surface area contributed by atoms with Gasteiger partial charge in [0.2, 0.25) is 0 Å². The minimum Gasteiger partial charge on any atom is -0.355 e. The van der Waals surface area contributed by atoms with Crippen LogP contribution in [0.4, 0.5) is 11.4 Å². The molecule has 0 aliphatic heterocycles. The number of benzene rings is 4. The molecule has 0 spiro atoms. The van der Waals surface area contributed by atoms with E-state index < -0.39 is 0 Å². The van der Waals surface area contributed by atoms with E-state index in [2.05, 4.69) is 116 Å². The molecule has 0 amide bonds. The van der Waals surface area contributed by atoms with Gasteiger partial charge in [0, 0.05) is 11.4 Å². The number of aryl methyl sites for hydroxylation is 2. The van der Waals surface area contributed by atoms with Gasteiger partial charge < -0.3 is 5.32 Å². The summed E-state index contributed by atoms with van der Waals surface area (Å²) in [7, 11) is 0. The summed E-state index contributed by atoms with van der Waals surface area (Å²) in [5.74, 6) is 0. The van der Waals surface area contributed by atoms with Crippen LogP contribution in [-0.4, -0.2) is 0 Å². The number of anilines is 2. The molecule has 0 aromatic heterocycles. The van der Waals surface area contributed by atoms with E-state index in [0.29, 0.717) is 0 Å². The number of hydrogen-bond acceptors (Lipinski definition) is 1. The molecular formula is C30H31N. The molecule has 1 N–H and O–H groups in total. The van der Waals surface area contributed by atoms with Gasteiger partial charge in [0.15, 0.2) is 0 Å². The topological polar surface area (TPSA) is 12.0 Å². The van der Waals surface area contributed by atoms with Crippen LogP contribution in [0.15, 0.2) is 97.1 Å². The van der Waals surface area contributed by atoms with Crippen molar-refractivity contribution >= 4 is 11.4 Å². The van der Waals surface area contributed by atoms with Crippen LogP contribution < -0.4 is 5.32 Å². The molecule has 156 valence electrons. The van der Waals surface area contributed by atoms with Crippen molar-refractivity contribution in [3.8, 4) is 0 Å². The van der Waals surface area contributed by atoms with Crippen LogP contribution in [0.2, 0.25) is 0 Å². The zero-order valence-corrected chi connectivity index (χ0v) is 18.6. The Morgan fingerprint density at radius 1 is 0.516 bits per heavy atom. The molecule has 0 unspecified atom stereocenters. The van der Waals surface area contributed by atoms with Crippen molar-refractivity contribution in [1.29, 1.82) is 0 Å². The zero-order valence-electron chi connectivity index (χ0n) is 18.6. The lowest BCUT2D eigenvalue weighted by Crippen LogP contribution is -2.03. The molecular weight excluding hydrogens is 374 g/mol. The van der Waals surface area contributed by atoms with Crippen molar-refractivity contribution in [2.75, 3.05) is 5.32 Å². The molecule has 1 heteroatoms. The fraction of sp³-hybridized carbons (Fsp3) is 0.200. The molecule has 1 nitrogen and oxygen atoms in total. The van der Waals surface area contributed by atoms with E-state index in [4.69, 9.17) is 0 Å². The van der Waals surface area contributed by atoms with Crippen LogP contribution >= 0.6 is 0 Å². The van der Waals surface area contributed by atoms with Crippen molar-refractivity contribution in [2.24, 2.45) is 0 Å². The summed E-state index contributed by atoms with van der Waals surface area (Å²) in [5.41, 5.74) is 10.5. The van der Waals surface area contributed by atoms with Gasteiger partial charge in [-0.15, -0.1) is 0 Å². The van der Waals surface area contributed by atoms with E-state index in [1.165, 1.54) is 39.1 Å². The van der Waals surface area contributed by atoms with Gasteiger partial charge in [-0.25, -0.2) is 0 Å². The predicted octanol–water partition coefficient (Wildman–Crippen LogP) is 7.74. The third kappa shape index (κ3) is 5.44. The van der Waals surface area contributed by atoms with Gasteiger partial charge in [-0.2, -0.15) is 0 Å². The maximum Gasteiger partial charge on any atom is 0.0423 e. The predicted molar refractivity (Wildman–Crippen MR) is 133 cm³/mol. The second-order valence-electron chi connectivity index (χ2n) is 8.13. The Morgan fingerprint density at radius 2 is 1.06 bits per heavy atom. The maximum absolute atomic E-state index is 3.66. The minimum absolute atomic E-state index is 0.919. The molecule has 0 radical (unpaired) electrons. The van der Waals surface area contributed by atoms with Crippen LogP contribution in [0.5, 0.6) is 0 Å². The molecule has 0 fully saturated rings.